The number of hydrogen-bond donors (Lipinski definition) is 0. The molecule has 0 unspecified atom stereocenters. The van der Waals surface area contributed by atoms with Gasteiger partial charge >= 0.3 is 0 Å². The minimum atomic E-state index is -1.14. The van der Waals surface area contributed by atoms with Gasteiger partial charge in [0.05, 0.1) is 5.69 Å². The highest BCUT2D eigenvalue weighted by Gasteiger charge is 2.37. The van der Waals surface area contributed by atoms with Crippen LogP contribution < -0.4 is 5.56 Å². The molecule has 0 bridgehead atoms. The second kappa shape index (κ2) is 9.67. The maximum atomic E-state index is 13.4. The summed E-state index contributed by atoms with van der Waals surface area (Å²) in [5.41, 5.74) is 1.02. The molecule has 3 aromatic rings. The summed E-state index contributed by atoms with van der Waals surface area (Å²) in [6.45, 7) is 7.22. The van der Waals surface area contributed by atoms with Crippen molar-refractivity contribution in [1.29, 1.82) is 0 Å². The van der Waals surface area contributed by atoms with E-state index in [-0.39, 0.29) is 17.3 Å². The van der Waals surface area contributed by atoms with Gasteiger partial charge in [-0.2, -0.15) is 5.10 Å². The summed E-state index contributed by atoms with van der Waals surface area (Å²) in [5.74, 6) is -0.471. The van der Waals surface area contributed by atoms with Gasteiger partial charge < -0.3 is 4.90 Å². The summed E-state index contributed by atoms with van der Waals surface area (Å²) >= 11 is 0. The molecular formula is C26H29FN4O2. The lowest BCUT2D eigenvalue weighted by molar-refractivity contribution is -0.141. The van der Waals surface area contributed by atoms with Crippen LogP contribution in [-0.4, -0.2) is 58.2 Å². The van der Waals surface area contributed by atoms with Gasteiger partial charge in [0.15, 0.2) is 0 Å². The molecule has 0 aliphatic carbocycles. The lowest BCUT2D eigenvalue weighted by atomic mass is 10.0. The molecule has 7 heteroatoms. The summed E-state index contributed by atoms with van der Waals surface area (Å²) in [7, 11) is 0. The molecule has 172 valence electrons. The number of carbonyl (C=O) groups excluding carboxylic acids is 1. The fraction of sp³-hybridized carbons (Fsp3) is 0.346. The number of aromatic nitrogens is 2. The Hall–Kier alpha value is -3.32. The quantitative estimate of drug-likeness (QED) is 0.581. The van der Waals surface area contributed by atoms with Crippen molar-refractivity contribution >= 4 is 5.91 Å². The van der Waals surface area contributed by atoms with Crippen molar-refractivity contribution in [3.05, 3.63) is 88.5 Å². The first-order chi connectivity index (χ1) is 15.8. The van der Waals surface area contributed by atoms with Crippen molar-refractivity contribution in [2.75, 3.05) is 32.7 Å². The van der Waals surface area contributed by atoms with E-state index in [0.29, 0.717) is 24.3 Å². The van der Waals surface area contributed by atoms with Crippen LogP contribution in [0.15, 0.2) is 71.5 Å². The Bertz CT molecular complexity index is 1150. The number of rotatable bonds is 6. The third-order valence-corrected chi connectivity index (χ3v) is 6.21. The summed E-state index contributed by atoms with van der Waals surface area (Å²) in [5, 5.41) is 4.46. The van der Waals surface area contributed by atoms with Gasteiger partial charge in [0.2, 0.25) is 5.91 Å². The average Bonchev–Trinajstić information content (AvgIpc) is 2.84. The topological polar surface area (TPSA) is 58.4 Å². The molecular weight excluding hydrogens is 419 g/mol. The molecule has 1 aliphatic rings. The Kier molecular flexibility index (Phi) is 6.70. The summed E-state index contributed by atoms with van der Waals surface area (Å²) in [6, 6.07) is 19.3. The lowest BCUT2D eigenvalue weighted by Gasteiger charge is -2.38. The summed E-state index contributed by atoms with van der Waals surface area (Å²) in [4.78, 5) is 30.2. The molecule has 4 rings (SSSR count). The third kappa shape index (κ3) is 5.20. The first kappa shape index (κ1) is 22.9. The average molecular weight is 449 g/mol. The maximum Gasteiger partial charge on any atom is 0.267 e. The van der Waals surface area contributed by atoms with Gasteiger partial charge in [-0.25, -0.2) is 9.07 Å². The van der Waals surface area contributed by atoms with E-state index in [1.165, 1.54) is 28.4 Å². The van der Waals surface area contributed by atoms with Crippen LogP contribution in [0.4, 0.5) is 4.39 Å². The SMILES string of the molecule is CC(C)(C(=O)N1CCN(CCc2ccccc2)CC1)n1nc(-c2ccc(F)cc2)ccc1=O. The highest BCUT2D eigenvalue weighted by Crippen LogP contribution is 2.21. The third-order valence-electron chi connectivity index (χ3n) is 6.21. The van der Waals surface area contributed by atoms with E-state index >= 15 is 0 Å². The van der Waals surface area contributed by atoms with E-state index in [1.807, 2.05) is 11.0 Å². The van der Waals surface area contributed by atoms with Gasteiger partial charge in [-0.15, -0.1) is 0 Å². The van der Waals surface area contributed by atoms with Crippen LogP contribution in [0.3, 0.4) is 0 Å². The Morgan fingerprint density at radius 2 is 1.61 bits per heavy atom. The maximum absolute atomic E-state index is 13.4. The van der Waals surface area contributed by atoms with E-state index in [2.05, 4.69) is 34.3 Å². The van der Waals surface area contributed by atoms with Gasteiger partial charge in [0, 0.05) is 44.4 Å². The van der Waals surface area contributed by atoms with E-state index < -0.39 is 5.54 Å². The Balaban J connectivity index is 1.43. The zero-order valence-electron chi connectivity index (χ0n) is 19.1. The van der Waals surface area contributed by atoms with Crippen LogP contribution in [0.25, 0.3) is 11.3 Å². The summed E-state index contributed by atoms with van der Waals surface area (Å²) in [6.07, 6.45) is 0.982. The molecule has 1 saturated heterocycles. The first-order valence-corrected chi connectivity index (χ1v) is 11.3. The van der Waals surface area contributed by atoms with Crippen LogP contribution in [0, 0.1) is 5.82 Å². The minimum Gasteiger partial charge on any atom is -0.338 e. The molecule has 1 fully saturated rings. The van der Waals surface area contributed by atoms with Crippen LogP contribution in [0.1, 0.15) is 19.4 Å². The van der Waals surface area contributed by atoms with Gasteiger partial charge in [-0.3, -0.25) is 14.5 Å². The normalized spacial score (nSPS) is 14.9. The van der Waals surface area contributed by atoms with Gasteiger partial charge in [-0.05, 0) is 56.2 Å². The van der Waals surface area contributed by atoms with Crippen LogP contribution in [-0.2, 0) is 16.8 Å². The molecule has 6 nitrogen and oxygen atoms in total. The molecule has 1 amide bonds. The second-order valence-electron chi connectivity index (χ2n) is 8.90. The van der Waals surface area contributed by atoms with Crippen molar-refractivity contribution in [3.63, 3.8) is 0 Å². The number of hydrogen-bond acceptors (Lipinski definition) is 4. The number of halogens is 1. The standard InChI is InChI=1S/C26H29FN4O2/c1-26(2,31-24(32)13-12-23(28-31)21-8-10-22(27)11-9-21)25(33)30-18-16-29(17-19-30)15-14-20-6-4-3-5-7-20/h3-13H,14-19H2,1-2H3. The van der Waals surface area contributed by atoms with Crippen molar-refractivity contribution in [2.24, 2.45) is 0 Å². The second-order valence-corrected chi connectivity index (χ2v) is 8.90. The van der Waals surface area contributed by atoms with E-state index in [4.69, 9.17) is 0 Å². The molecule has 0 radical (unpaired) electrons. The van der Waals surface area contributed by atoms with E-state index in [9.17, 15) is 14.0 Å². The molecule has 33 heavy (non-hydrogen) atoms. The van der Waals surface area contributed by atoms with Crippen molar-refractivity contribution < 1.29 is 9.18 Å². The van der Waals surface area contributed by atoms with Gasteiger partial charge in [0.1, 0.15) is 11.4 Å². The fourth-order valence-electron chi connectivity index (χ4n) is 4.17. The molecule has 0 saturated carbocycles. The van der Waals surface area contributed by atoms with Crippen LogP contribution >= 0.6 is 0 Å². The van der Waals surface area contributed by atoms with Crippen molar-refractivity contribution in [2.45, 2.75) is 25.8 Å². The minimum absolute atomic E-state index is 0.129. The van der Waals surface area contributed by atoms with Crippen LogP contribution in [0.2, 0.25) is 0 Å². The van der Waals surface area contributed by atoms with E-state index in [0.717, 1.165) is 26.1 Å². The van der Waals surface area contributed by atoms with Crippen molar-refractivity contribution in [1.82, 2.24) is 19.6 Å². The van der Waals surface area contributed by atoms with Gasteiger partial charge in [-0.1, -0.05) is 30.3 Å². The number of amides is 1. The van der Waals surface area contributed by atoms with Crippen LogP contribution in [0.5, 0.6) is 0 Å². The highest BCUT2D eigenvalue weighted by atomic mass is 19.1. The Labute approximate surface area is 193 Å². The predicted octanol–water partition coefficient (Wildman–Crippen LogP) is 3.17. The number of piperazine rings is 1. The summed E-state index contributed by atoms with van der Waals surface area (Å²) < 4.78 is 14.5. The predicted molar refractivity (Wildman–Crippen MR) is 126 cm³/mol. The Morgan fingerprint density at radius 1 is 0.939 bits per heavy atom. The monoisotopic (exact) mass is 448 g/mol. The molecule has 1 aromatic heterocycles. The number of nitrogens with zero attached hydrogens (tertiary/aromatic N) is 4. The molecule has 2 heterocycles. The largest absolute Gasteiger partial charge is 0.338 e. The molecule has 1 aliphatic heterocycles. The Morgan fingerprint density at radius 3 is 2.27 bits per heavy atom. The van der Waals surface area contributed by atoms with E-state index in [1.54, 1.807) is 32.0 Å². The zero-order chi connectivity index (χ0) is 23.4. The highest BCUT2D eigenvalue weighted by molar-refractivity contribution is 5.83. The fourth-order valence-corrected chi connectivity index (χ4v) is 4.17. The van der Waals surface area contributed by atoms with Crippen molar-refractivity contribution in [3.8, 4) is 11.3 Å². The zero-order valence-corrected chi connectivity index (χ0v) is 19.1. The molecule has 0 N–H and O–H groups in total. The smallest absolute Gasteiger partial charge is 0.267 e. The first-order valence-electron chi connectivity index (χ1n) is 11.3. The molecule has 2 aromatic carbocycles. The molecule has 0 atom stereocenters. The lowest BCUT2D eigenvalue weighted by Crippen LogP contribution is -2.56. The molecule has 0 spiro atoms. The number of benzene rings is 2. The van der Waals surface area contributed by atoms with Gasteiger partial charge in [0.25, 0.3) is 5.56 Å². The number of carbonyl (C=O) groups is 1.